The molecule has 10 heteroatoms. The summed E-state index contributed by atoms with van der Waals surface area (Å²) in [6.45, 7) is 4.19. The lowest BCUT2D eigenvalue weighted by Crippen LogP contribution is -2.37. The van der Waals surface area contributed by atoms with Gasteiger partial charge in [-0.15, -0.1) is 0 Å². The molecule has 2 aliphatic heterocycles. The van der Waals surface area contributed by atoms with Crippen molar-refractivity contribution < 1.29 is 23.1 Å². The number of hydrogen-bond acceptors (Lipinski definition) is 5. The second-order valence-corrected chi connectivity index (χ2v) is 12.2. The van der Waals surface area contributed by atoms with Crippen LogP contribution >= 0.6 is 0 Å². The molecule has 0 bridgehead atoms. The molecule has 0 unspecified atom stereocenters. The minimum atomic E-state index is -0.905. The molecule has 0 saturated carbocycles. The van der Waals surface area contributed by atoms with E-state index in [9.17, 15) is 18.4 Å². The fraction of sp³-hybridized carbons (Fsp3) is 0.333. The Kier molecular flexibility index (Phi) is 6.25. The van der Waals surface area contributed by atoms with Gasteiger partial charge in [-0.3, -0.25) is 9.59 Å². The third kappa shape index (κ3) is 4.26. The molecule has 1 spiro atoms. The van der Waals surface area contributed by atoms with Crippen LogP contribution in [0.5, 0.6) is 0 Å². The molecule has 2 N–H and O–H groups in total. The number of nitrogens with zero attached hydrogens (tertiary/aromatic N) is 3. The highest BCUT2D eigenvalue weighted by atomic mass is 19.2. The number of nitrogens with one attached hydrogen (secondary N) is 2. The van der Waals surface area contributed by atoms with Gasteiger partial charge in [-0.25, -0.2) is 18.7 Å². The van der Waals surface area contributed by atoms with E-state index in [0.717, 1.165) is 28.5 Å². The van der Waals surface area contributed by atoms with Gasteiger partial charge >= 0.3 is 0 Å². The molecule has 1 aliphatic carbocycles. The maximum absolute atomic E-state index is 15.0. The number of carbonyl (C=O) groups excluding carboxylic acids is 2. The standard InChI is InChI=1S/C33H31F2N5O3/c1-32(2,43-3)26-16-37-29-25(13-21(17-40(26)29)22-6-4-8-24(34)27(22)35)38-30(41)18-9-10-19-14-33(15-20(19)12-18)23-7-5-11-36-28(23)39-31(33)42/h4-12,16,21,25H,13-15,17H2,1-3H3,(H,38,41)(H,36,39,42)/t21-,25+,33-/m1/s1. The summed E-state index contributed by atoms with van der Waals surface area (Å²) in [4.78, 5) is 35.8. The second kappa shape index (κ2) is 9.80. The zero-order chi connectivity index (χ0) is 30.1. The van der Waals surface area contributed by atoms with Crippen molar-refractivity contribution in [2.45, 2.75) is 62.6 Å². The smallest absolute Gasteiger partial charge is 0.251 e. The molecule has 0 radical (unpaired) electrons. The topological polar surface area (TPSA) is 98.1 Å². The summed E-state index contributed by atoms with van der Waals surface area (Å²) in [7, 11) is 1.61. The first-order valence-electron chi connectivity index (χ1n) is 14.4. The summed E-state index contributed by atoms with van der Waals surface area (Å²) in [5, 5.41) is 6.03. The lowest BCUT2D eigenvalue weighted by Gasteiger charge is -2.34. The van der Waals surface area contributed by atoms with Crippen molar-refractivity contribution in [2.75, 3.05) is 12.4 Å². The number of benzene rings is 2. The number of fused-ring (bicyclic) bond motifs is 4. The van der Waals surface area contributed by atoms with E-state index in [4.69, 9.17) is 4.74 Å². The minimum absolute atomic E-state index is 0.0807. The van der Waals surface area contributed by atoms with E-state index in [-0.39, 0.29) is 17.4 Å². The number of methoxy groups -OCH3 is 1. The molecule has 3 aliphatic rings. The van der Waals surface area contributed by atoms with Crippen LogP contribution in [0.1, 0.15) is 76.4 Å². The zero-order valence-electron chi connectivity index (χ0n) is 24.1. The molecule has 4 aromatic rings. The number of anilines is 1. The van der Waals surface area contributed by atoms with Gasteiger partial charge in [0.05, 0.1) is 23.3 Å². The SMILES string of the molecule is COC(C)(C)c1cnc2n1C[C@H](c1cccc(F)c1F)C[C@@H]2NC(=O)c1ccc2c(c1)C[C@@]1(C2)C(=O)Nc2ncccc21. The van der Waals surface area contributed by atoms with Gasteiger partial charge in [0.15, 0.2) is 11.6 Å². The van der Waals surface area contributed by atoms with Crippen LogP contribution in [-0.4, -0.2) is 33.5 Å². The van der Waals surface area contributed by atoms with Gasteiger partial charge < -0.3 is 19.9 Å². The highest BCUT2D eigenvalue weighted by molar-refractivity contribution is 6.06. The van der Waals surface area contributed by atoms with E-state index in [1.54, 1.807) is 31.6 Å². The number of pyridine rings is 1. The van der Waals surface area contributed by atoms with Gasteiger partial charge in [-0.2, -0.15) is 0 Å². The number of aromatic nitrogens is 3. The summed E-state index contributed by atoms with van der Waals surface area (Å²) < 4.78 is 36.9. The van der Waals surface area contributed by atoms with E-state index in [1.807, 2.05) is 42.7 Å². The average Bonchev–Trinajstić information content (AvgIpc) is 3.68. The van der Waals surface area contributed by atoms with E-state index in [0.29, 0.717) is 43.0 Å². The normalized spacial score (nSPS) is 22.2. The molecule has 2 aromatic heterocycles. The van der Waals surface area contributed by atoms with Gasteiger partial charge in [0.2, 0.25) is 5.91 Å². The van der Waals surface area contributed by atoms with Crippen LogP contribution in [0.25, 0.3) is 0 Å². The number of halogens is 2. The Labute approximate surface area is 247 Å². The summed E-state index contributed by atoms with van der Waals surface area (Å²) >= 11 is 0. The molecule has 0 saturated heterocycles. The number of imidazole rings is 1. The molecule has 3 atom stereocenters. The predicted octanol–water partition coefficient (Wildman–Crippen LogP) is 5.09. The predicted molar refractivity (Wildman–Crippen MR) is 155 cm³/mol. The summed E-state index contributed by atoms with van der Waals surface area (Å²) in [5.74, 6) is -1.37. The lowest BCUT2D eigenvalue weighted by atomic mass is 9.79. The fourth-order valence-corrected chi connectivity index (χ4v) is 6.96. The molecule has 2 aromatic carbocycles. The van der Waals surface area contributed by atoms with Crippen LogP contribution in [0.4, 0.5) is 14.6 Å². The number of hydrogen-bond donors (Lipinski definition) is 2. The molecule has 7 rings (SSSR count). The average molecular weight is 584 g/mol. The van der Waals surface area contributed by atoms with Crippen LogP contribution in [0.15, 0.2) is 60.9 Å². The number of ether oxygens (including phenoxy) is 1. The van der Waals surface area contributed by atoms with Crippen molar-refractivity contribution >= 4 is 17.6 Å². The van der Waals surface area contributed by atoms with Crippen molar-refractivity contribution in [2.24, 2.45) is 0 Å². The molecule has 43 heavy (non-hydrogen) atoms. The van der Waals surface area contributed by atoms with Crippen LogP contribution in [0.2, 0.25) is 0 Å². The molecule has 220 valence electrons. The van der Waals surface area contributed by atoms with Gasteiger partial charge in [-0.05, 0) is 74.1 Å². The quantitative estimate of drug-likeness (QED) is 0.341. The van der Waals surface area contributed by atoms with E-state index in [1.165, 1.54) is 6.07 Å². The highest BCUT2D eigenvalue weighted by Crippen LogP contribution is 2.47. The van der Waals surface area contributed by atoms with Crippen LogP contribution in [0, 0.1) is 11.6 Å². The van der Waals surface area contributed by atoms with Gasteiger partial charge in [0.1, 0.15) is 17.2 Å². The minimum Gasteiger partial charge on any atom is -0.373 e. The summed E-state index contributed by atoms with van der Waals surface area (Å²) in [5.41, 5.74) is 2.89. The Morgan fingerprint density at radius 2 is 1.93 bits per heavy atom. The molecule has 8 nitrogen and oxygen atoms in total. The van der Waals surface area contributed by atoms with Crippen molar-refractivity contribution in [1.29, 1.82) is 0 Å². The Bertz CT molecular complexity index is 1800. The Balaban J connectivity index is 1.19. The fourth-order valence-electron chi connectivity index (χ4n) is 6.96. The van der Waals surface area contributed by atoms with E-state index < -0.39 is 34.6 Å². The molecule has 2 amide bonds. The first-order valence-corrected chi connectivity index (χ1v) is 14.4. The van der Waals surface area contributed by atoms with Crippen molar-refractivity contribution in [3.8, 4) is 0 Å². The first kappa shape index (κ1) is 27.4. The molecule has 4 heterocycles. The van der Waals surface area contributed by atoms with Crippen LogP contribution < -0.4 is 10.6 Å². The van der Waals surface area contributed by atoms with Gasteiger partial charge in [-0.1, -0.05) is 24.3 Å². The Morgan fingerprint density at radius 1 is 1.12 bits per heavy atom. The van der Waals surface area contributed by atoms with Gasteiger partial charge in [0, 0.05) is 36.9 Å². The van der Waals surface area contributed by atoms with Crippen molar-refractivity contribution in [1.82, 2.24) is 19.9 Å². The number of amides is 2. The third-order valence-electron chi connectivity index (χ3n) is 9.42. The third-order valence-corrected chi connectivity index (χ3v) is 9.42. The molecule has 0 fully saturated rings. The van der Waals surface area contributed by atoms with Crippen LogP contribution in [0.3, 0.4) is 0 Å². The number of rotatable bonds is 5. The van der Waals surface area contributed by atoms with E-state index in [2.05, 4.69) is 20.6 Å². The van der Waals surface area contributed by atoms with Crippen molar-refractivity contribution in [3.63, 3.8) is 0 Å². The molecular weight excluding hydrogens is 552 g/mol. The maximum atomic E-state index is 15.0. The number of carbonyl (C=O) groups is 2. The summed E-state index contributed by atoms with van der Waals surface area (Å²) in [6, 6.07) is 12.9. The highest BCUT2D eigenvalue weighted by Gasteiger charge is 2.51. The van der Waals surface area contributed by atoms with Gasteiger partial charge in [0.25, 0.3) is 5.91 Å². The Hall–Kier alpha value is -4.44. The largest absolute Gasteiger partial charge is 0.373 e. The van der Waals surface area contributed by atoms with Crippen LogP contribution in [-0.2, 0) is 39.9 Å². The molecular formula is C33H31F2N5O3. The second-order valence-electron chi connectivity index (χ2n) is 12.2. The monoisotopic (exact) mass is 583 g/mol. The van der Waals surface area contributed by atoms with E-state index >= 15 is 0 Å². The Morgan fingerprint density at radius 3 is 2.74 bits per heavy atom. The lowest BCUT2D eigenvalue weighted by molar-refractivity contribution is -0.120. The van der Waals surface area contributed by atoms with Crippen molar-refractivity contribution in [3.05, 3.63) is 112 Å². The maximum Gasteiger partial charge on any atom is 0.251 e. The zero-order valence-corrected chi connectivity index (χ0v) is 24.1. The summed E-state index contributed by atoms with van der Waals surface area (Å²) in [6.07, 6.45) is 4.72. The first-order chi connectivity index (χ1) is 20.6.